The van der Waals surface area contributed by atoms with Crippen molar-refractivity contribution in [3.05, 3.63) is 24.0 Å². The van der Waals surface area contributed by atoms with E-state index in [1.54, 1.807) is 6.20 Å². The number of hydrogen-bond acceptors (Lipinski definition) is 6. The average molecular weight is 404 g/mol. The summed E-state index contributed by atoms with van der Waals surface area (Å²) in [4.78, 5) is 19.9. The van der Waals surface area contributed by atoms with E-state index < -0.39 is 21.5 Å². The third kappa shape index (κ3) is 2.97. The second-order valence-corrected chi connectivity index (χ2v) is 10.6. The van der Waals surface area contributed by atoms with Crippen molar-refractivity contribution in [3.8, 4) is 0 Å². The predicted octanol–water partition coefficient (Wildman–Crippen LogP) is 1.60. The fraction of sp³-hybridized carbons (Fsp3) is 0.579. The Labute approximate surface area is 163 Å². The molecule has 0 radical (unpaired) electrons. The van der Waals surface area contributed by atoms with Gasteiger partial charge in [0.15, 0.2) is 0 Å². The Morgan fingerprint density at radius 2 is 2.00 bits per heavy atom. The first kappa shape index (κ1) is 17.9. The largest absolute Gasteiger partial charge is 0.390 e. The number of sulfonamides is 1. The van der Waals surface area contributed by atoms with E-state index >= 15 is 0 Å². The summed E-state index contributed by atoms with van der Waals surface area (Å²) in [7, 11) is -3.68. The molecule has 1 amide bonds. The molecule has 8 nitrogen and oxygen atoms in total. The Kier molecular flexibility index (Phi) is 3.80. The van der Waals surface area contributed by atoms with Crippen LogP contribution < -0.4 is 10.0 Å². The Morgan fingerprint density at radius 3 is 2.64 bits per heavy atom. The molecular formula is C19H24N4O4S. The number of fused-ring (bicyclic) bond motifs is 1. The number of rotatable bonds is 4. The zero-order chi connectivity index (χ0) is 19.7. The van der Waals surface area contributed by atoms with Crippen LogP contribution in [0.25, 0.3) is 11.0 Å². The summed E-state index contributed by atoms with van der Waals surface area (Å²) in [5.41, 5.74) is 0.926. The van der Waals surface area contributed by atoms with Crippen LogP contribution in [0.1, 0.15) is 42.5 Å². The van der Waals surface area contributed by atoms with Gasteiger partial charge in [-0.2, -0.15) is 0 Å². The summed E-state index contributed by atoms with van der Waals surface area (Å²) >= 11 is 0. The van der Waals surface area contributed by atoms with Crippen molar-refractivity contribution in [2.45, 2.75) is 43.7 Å². The first-order valence-electron chi connectivity index (χ1n) is 9.68. The van der Waals surface area contributed by atoms with Crippen molar-refractivity contribution in [2.75, 3.05) is 11.6 Å². The second kappa shape index (κ2) is 5.93. The number of anilines is 1. The van der Waals surface area contributed by atoms with E-state index in [0.717, 1.165) is 43.7 Å². The van der Waals surface area contributed by atoms with E-state index in [-0.39, 0.29) is 11.6 Å². The van der Waals surface area contributed by atoms with Gasteiger partial charge in [0, 0.05) is 23.8 Å². The minimum Gasteiger partial charge on any atom is -0.390 e. The lowest BCUT2D eigenvalue weighted by Gasteiger charge is -2.58. The Morgan fingerprint density at radius 1 is 1.29 bits per heavy atom. The molecule has 28 heavy (non-hydrogen) atoms. The molecule has 1 unspecified atom stereocenters. The summed E-state index contributed by atoms with van der Waals surface area (Å²) in [6.45, 7) is 0. The number of H-pyrrole nitrogens is 1. The number of aromatic nitrogens is 2. The van der Waals surface area contributed by atoms with Crippen molar-refractivity contribution in [2.24, 2.45) is 17.8 Å². The summed E-state index contributed by atoms with van der Waals surface area (Å²) in [5, 5.41) is 15.2. The van der Waals surface area contributed by atoms with Gasteiger partial charge in [0.1, 0.15) is 5.65 Å². The molecule has 150 valence electrons. The molecule has 9 heteroatoms. The van der Waals surface area contributed by atoms with E-state index in [1.165, 1.54) is 6.20 Å². The van der Waals surface area contributed by atoms with Crippen molar-refractivity contribution < 1.29 is 18.3 Å². The normalized spacial score (nSPS) is 33.9. The number of carbonyl (C=O) groups is 1. The van der Waals surface area contributed by atoms with Crippen LogP contribution in [-0.4, -0.2) is 47.3 Å². The van der Waals surface area contributed by atoms with Crippen LogP contribution in [0.15, 0.2) is 18.5 Å². The number of pyridine rings is 1. The molecule has 0 spiro atoms. The highest BCUT2D eigenvalue weighted by Crippen LogP contribution is 2.56. The summed E-state index contributed by atoms with van der Waals surface area (Å²) < 4.78 is 25.2. The van der Waals surface area contributed by atoms with E-state index in [2.05, 4.69) is 15.3 Å². The molecule has 4 N–H and O–H groups in total. The topological polar surface area (TPSA) is 124 Å². The van der Waals surface area contributed by atoms with Crippen LogP contribution in [0, 0.1) is 17.8 Å². The molecule has 5 atom stereocenters. The highest BCUT2D eigenvalue weighted by molar-refractivity contribution is 7.89. The minimum absolute atomic E-state index is 0.155. The van der Waals surface area contributed by atoms with Gasteiger partial charge >= 0.3 is 0 Å². The van der Waals surface area contributed by atoms with Gasteiger partial charge < -0.3 is 15.4 Å². The lowest BCUT2D eigenvalue weighted by molar-refractivity contribution is -0.129. The third-order valence-corrected chi connectivity index (χ3v) is 7.22. The van der Waals surface area contributed by atoms with Crippen LogP contribution in [0.3, 0.4) is 0 Å². The monoisotopic (exact) mass is 404 g/mol. The molecule has 0 aliphatic heterocycles. The number of hydrogen-bond donors (Lipinski definition) is 4. The molecular weight excluding hydrogens is 380 g/mol. The molecule has 4 bridgehead atoms. The Balaban J connectivity index is 1.52. The number of amides is 1. The number of aliphatic hydroxyl groups is 1. The van der Waals surface area contributed by atoms with Crippen molar-refractivity contribution in [3.63, 3.8) is 0 Å². The lowest BCUT2D eigenvalue weighted by atomic mass is 9.52. The van der Waals surface area contributed by atoms with Gasteiger partial charge in [-0.3, -0.25) is 4.79 Å². The SMILES string of the molecule is CS(=O)(=O)NC(=O)c1cnc2[nH]ccc2c1N[C@H]1[C@@H]2CC3C[C@H]1C[C@@](O)(C3)C2. The number of carbonyl (C=O) groups excluding carboxylic acids is 1. The molecule has 2 aromatic heterocycles. The minimum atomic E-state index is -3.68. The number of nitrogens with zero attached hydrogens (tertiary/aromatic N) is 1. The van der Waals surface area contributed by atoms with Gasteiger partial charge in [0.2, 0.25) is 10.0 Å². The van der Waals surface area contributed by atoms with Crippen molar-refractivity contribution in [1.82, 2.24) is 14.7 Å². The zero-order valence-electron chi connectivity index (χ0n) is 15.6. The predicted molar refractivity (Wildman–Crippen MR) is 104 cm³/mol. The van der Waals surface area contributed by atoms with Crippen LogP contribution in [0.5, 0.6) is 0 Å². The molecule has 4 aliphatic rings. The van der Waals surface area contributed by atoms with E-state index in [4.69, 9.17) is 0 Å². The van der Waals surface area contributed by atoms with Gasteiger partial charge in [-0.15, -0.1) is 0 Å². The van der Waals surface area contributed by atoms with Crippen molar-refractivity contribution >= 4 is 32.7 Å². The Hall–Kier alpha value is -2.13. The maximum Gasteiger partial charge on any atom is 0.268 e. The van der Waals surface area contributed by atoms with E-state index in [9.17, 15) is 18.3 Å². The molecule has 2 heterocycles. The lowest BCUT2D eigenvalue weighted by Crippen LogP contribution is -2.59. The third-order valence-electron chi connectivity index (χ3n) is 6.66. The fourth-order valence-electron chi connectivity index (χ4n) is 5.94. The highest BCUT2D eigenvalue weighted by Gasteiger charge is 2.54. The zero-order valence-corrected chi connectivity index (χ0v) is 16.4. The number of aromatic amines is 1. The van der Waals surface area contributed by atoms with Crippen LogP contribution in [-0.2, 0) is 10.0 Å². The number of nitrogens with one attached hydrogen (secondary N) is 3. The standard InChI is InChI=1S/C19H24N4O4S/c1-28(26,27)23-18(24)14-9-21-17-13(2-3-20-17)16(14)22-15-11-4-10-5-12(15)8-19(25,6-10)7-11/h2-3,9-12,15,25H,4-8H2,1H3,(H,23,24)(H2,20,21,22)/t10?,11-,12+,15+,19-. The van der Waals surface area contributed by atoms with Gasteiger partial charge in [-0.05, 0) is 55.9 Å². The van der Waals surface area contributed by atoms with Crippen molar-refractivity contribution in [1.29, 1.82) is 0 Å². The van der Waals surface area contributed by atoms with Gasteiger partial charge in [0.25, 0.3) is 5.91 Å². The van der Waals surface area contributed by atoms with Crippen LogP contribution >= 0.6 is 0 Å². The summed E-state index contributed by atoms with van der Waals surface area (Å²) in [6, 6.07) is 1.99. The molecule has 6 rings (SSSR count). The van der Waals surface area contributed by atoms with Gasteiger partial charge in [-0.1, -0.05) is 0 Å². The molecule has 2 aromatic rings. The summed E-state index contributed by atoms with van der Waals surface area (Å²) in [5.74, 6) is 0.592. The first-order valence-corrected chi connectivity index (χ1v) is 11.6. The first-order chi connectivity index (χ1) is 13.2. The maximum absolute atomic E-state index is 12.6. The molecule has 4 saturated carbocycles. The maximum atomic E-state index is 12.6. The average Bonchev–Trinajstić information content (AvgIpc) is 3.03. The van der Waals surface area contributed by atoms with Gasteiger partial charge in [-0.25, -0.2) is 18.1 Å². The molecule has 0 aromatic carbocycles. The second-order valence-electron chi connectivity index (χ2n) is 8.85. The Bertz CT molecular complexity index is 1050. The highest BCUT2D eigenvalue weighted by atomic mass is 32.2. The fourth-order valence-corrected chi connectivity index (χ4v) is 6.39. The molecule has 4 fully saturated rings. The smallest absolute Gasteiger partial charge is 0.268 e. The van der Waals surface area contributed by atoms with Crippen LogP contribution in [0.2, 0.25) is 0 Å². The van der Waals surface area contributed by atoms with Gasteiger partial charge in [0.05, 0.1) is 23.1 Å². The van der Waals surface area contributed by atoms with E-state index in [0.29, 0.717) is 29.1 Å². The quantitative estimate of drug-likeness (QED) is 0.614. The molecule has 4 aliphatic carbocycles. The summed E-state index contributed by atoms with van der Waals surface area (Å²) in [6.07, 6.45) is 8.76. The molecule has 0 saturated heterocycles. The van der Waals surface area contributed by atoms with E-state index in [1.807, 2.05) is 10.8 Å². The van der Waals surface area contributed by atoms with Crippen LogP contribution in [0.4, 0.5) is 5.69 Å².